The molecule has 0 saturated carbocycles. The molecule has 19 heavy (non-hydrogen) atoms. The van der Waals surface area contributed by atoms with Gasteiger partial charge in [0.05, 0.1) is 6.42 Å². The number of hydrogen-bond donors (Lipinski definition) is 2. The molecule has 0 aliphatic carbocycles. The fourth-order valence-corrected chi connectivity index (χ4v) is 2.04. The van der Waals surface area contributed by atoms with Gasteiger partial charge in [0.2, 0.25) is 0 Å². The highest BCUT2D eigenvalue weighted by Crippen LogP contribution is 2.18. The Labute approximate surface area is 111 Å². The van der Waals surface area contributed by atoms with Crippen LogP contribution in [0.25, 0.3) is 10.8 Å². The third-order valence-corrected chi connectivity index (χ3v) is 2.89. The van der Waals surface area contributed by atoms with Crippen LogP contribution in [0.4, 0.5) is 0 Å². The molecule has 0 aliphatic heterocycles. The standard InChI is InChI=1S/C15H15NO3/c1-10(9-14(17)18)16-15(19)13-8-4-6-11-5-2-3-7-12(11)13/h2-8,10H,9H2,1H3,(H,16,19)(H,17,18). The van der Waals surface area contributed by atoms with Crippen LogP contribution >= 0.6 is 0 Å². The topological polar surface area (TPSA) is 66.4 Å². The number of aliphatic carboxylic acids is 1. The number of carboxylic acid groups (broad SMARTS) is 1. The minimum Gasteiger partial charge on any atom is -0.481 e. The number of carbonyl (C=O) groups is 2. The van der Waals surface area contributed by atoms with Crippen molar-refractivity contribution in [3.8, 4) is 0 Å². The first-order valence-corrected chi connectivity index (χ1v) is 6.08. The first kappa shape index (κ1) is 13.1. The zero-order chi connectivity index (χ0) is 13.8. The first-order chi connectivity index (χ1) is 9.08. The van der Waals surface area contributed by atoms with E-state index in [-0.39, 0.29) is 12.3 Å². The van der Waals surface area contributed by atoms with Crippen molar-refractivity contribution < 1.29 is 14.7 Å². The van der Waals surface area contributed by atoms with Crippen molar-refractivity contribution in [1.29, 1.82) is 0 Å². The van der Waals surface area contributed by atoms with Crippen LogP contribution in [0, 0.1) is 0 Å². The van der Waals surface area contributed by atoms with Crippen molar-refractivity contribution in [3.63, 3.8) is 0 Å². The van der Waals surface area contributed by atoms with Gasteiger partial charge in [-0.3, -0.25) is 9.59 Å². The van der Waals surface area contributed by atoms with E-state index in [4.69, 9.17) is 5.11 Å². The number of carboxylic acids is 1. The van der Waals surface area contributed by atoms with Gasteiger partial charge in [0.25, 0.3) is 5.91 Å². The predicted octanol–water partition coefficient (Wildman–Crippen LogP) is 2.43. The molecular weight excluding hydrogens is 242 g/mol. The molecule has 0 fully saturated rings. The van der Waals surface area contributed by atoms with E-state index >= 15 is 0 Å². The smallest absolute Gasteiger partial charge is 0.305 e. The summed E-state index contributed by atoms with van der Waals surface area (Å²) in [5.74, 6) is -1.17. The Kier molecular flexibility index (Phi) is 3.80. The lowest BCUT2D eigenvalue weighted by molar-refractivity contribution is -0.137. The van der Waals surface area contributed by atoms with E-state index < -0.39 is 12.0 Å². The summed E-state index contributed by atoms with van der Waals surface area (Å²) in [7, 11) is 0. The Balaban J connectivity index is 2.24. The Hall–Kier alpha value is -2.36. The average Bonchev–Trinajstić information content (AvgIpc) is 2.36. The highest BCUT2D eigenvalue weighted by Gasteiger charge is 2.14. The molecule has 98 valence electrons. The maximum absolute atomic E-state index is 12.1. The van der Waals surface area contributed by atoms with Crippen LogP contribution in [0.3, 0.4) is 0 Å². The van der Waals surface area contributed by atoms with E-state index in [2.05, 4.69) is 5.32 Å². The minimum absolute atomic E-state index is 0.0868. The molecule has 0 aliphatic rings. The van der Waals surface area contributed by atoms with E-state index in [1.54, 1.807) is 13.0 Å². The molecule has 4 nitrogen and oxygen atoms in total. The summed E-state index contributed by atoms with van der Waals surface area (Å²) in [4.78, 5) is 22.7. The summed E-state index contributed by atoms with van der Waals surface area (Å²) in [6, 6.07) is 12.7. The fraction of sp³-hybridized carbons (Fsp3) is 0.200. The molecule has 1 atom stereocenters. The molecule has 0 saturated heterocycles. The number of amides is 1. The van der Waals surface area contributed by atoms with Gasteiger partial charge in [-0.2, -0.15) is 0 Å². The van der Waals surface area contributed by atoms with Gasteiger partial charge >= 0.3 is 5.97 Å². The molecule has 0 aromatic heterocycles. The van der Waals surface area contributed by atoms with Crippen LogP contribution in [0.1, 0.15) is 23.7 Å². The molecule has 2 aromatic rings. The molecular formula is C15H15NO3. The average molecular weight is 257 g/mol. The molecule has 2 aromatic carbocycles. The van der Waals surface area contributed by atoms with Crippen LogP contribution in [-0.4, -0.2) is 23.0 Å². The zero-order valence-corrected chi connectivity index (χ0v) is 10.6. The molecule has 1 amide bonds. The molecule has 0 bridgehead atoms. The highest BCUT2D eigenvalue weighted by atomic mass is 16.4. The van der Waals surface area contributed by atoms with Gasteiger partial charge in [-0.1, -0.05) is 36.4 Å². The normalized spacial score (nSPS) is 12.1. The van der Waals surface area contributed by atoms with Gasteiger partial charge in [-0.05, 0) is 23.8 Å². The summed E-state index contributed by atoms with van der Waals surface area (Å²) < 4.78 is 0. The van der Waals surface area contributed by atoms with E-state index in [9.17, 15) is 9.59 Å². The predicted molar refractivity (Wildman–Crippen MR) is 73.1 cm³/mol. The van der Waals surface area contributed by atoms with Crippen LogP contribution in [0.5, 0.6) is 0 Å². The number of nitrogens with one attached hydrogen (secondary N) is 1. The monoisotopic (exact) mass is 257 g/mol. The van der Waals surface area contributed by atoms with Gasteiger partial charge in [-0.25, -0.2) is 0 Å². The summed E-state index contributed by atoms with van der Waals surface area (Å²) in [6.07, 6.45) is -0.0868. The minimum atomic E-state index is -0.925. The Bertz CT molecular complexity index is 616. The van der Waals surface area contributed by atoms with E-state index in [0.717, 1.165) is 10.8 Å². The van der Waals surface area contributed by atoms with Gasteiger partial charge in [-0.15, -0.1) is 0 Å². The van der Waals surface area contributed by atoms with Crippen LogP contribution in [0.2, 0.25) is 0 Å². The van der Waals surface area contributed by atoms with Crippen molar-refractivity contribution in [2.45, 2.75) is 19.4 Å². The Morgan fingerprint density at radius 3 is 2.58 bits per heavy atom. The summed E-state index contributed by atoms with van der Waals surface area (Å²) in [5, 5.41) is 13.2. The lowest BCUT2D eigenvalue weighted by atomic mass is 10.0. The lowest BCUT2D eigenvalue weighted by Gasteiger charge is -2.12. The molecule has 0 spiro atoms. The van der Waals surface area contributed by atoms with Gasteiger partial charge in [0, 0.05) is 11.6 Å². The molecule has 2 N–H and O–H groups in total. The second-order valence-electron chi connectivity index (χ2n) is 4.50. The largest absolute Gasteiger partial charge is 0.481 e. The Morgan fingerprint density at radius 2 is 1.84 bits per heavy atom. The van der Waals surface area contributed by atoms with E-state index in [1.807, 2.05) is 36.4 Å². The molecule has 0 heterocycles. The third kappa shape index (κ3) is 3.10. The number of rotatable bonds is 4. The highest BCUT2D eigenvalue weighted by molar-refractivity contribution is 6.07. The first-order valence-electron chi connectivity index (χ1n) is 6.08. The van der Waals surface area contributed by atoms with Crippen LogP contribution in [0.15, 0.2) is 42.5 Å². The van der Waals surface area contributed by atoms with E-state index in [0.29, 0.717) is 5.56 Å². The Morgan fingerprint density at radius 1 is 1.16 bits per heavy atom. The van der Waals surface area contributed by atoms with Gasteiger partial charge < -0.3 is 10.4 Å². The van der Waals surface area contributed by atoms with Crippen molar-refractivity contribution >= 4 is 22.6 Å². The number of hydrogen-bond acceptors (Lipinski definition) is 2. The van der Waals surface area contributed by atoms with Gasteiger partial charge in [0.15, 0.2) is 0 Å². The number of carbonyl (C=O) groups excluding carboxylic acids is 1. The maximum atomic E-state index is 12.1. The summed E-state index contributed by atoms with van der Waals surface area (Å²) in [6.45, 7) is 1.68. The maximum Gasteiger partial charge on any atom is 0.305 e. The second kappa shape index (κ2) is 5.52. The van der Waals surface area contributed by atoms with Crippen LogP contribution < -0.4 is 5.32 Å². The zero-order valence-electron chi connectivity index (χ0n) is 10.6. The number of benzene rings is 2. The van der Waals surface area contributed by atoms with Gasteiger partial charge in [0.1, 0.15) is 0 Å². The molecule has 2 rings (SSSR count). The van der Waals surface area contributed by atoms with Crippen molar-refractivity contribution in [3.05, 3.63) is 48.0 Å². The summed E-state index contributed by atoms with van der Waals surface area (Å²) >= 11 is 0. The quantitative estimate of drug-likeness (QED) is 0.884. The molecule has 1 unspecified atom stereocenters. The molecule has 4 heteroatoms. The van der Waals surface area contributed by atoms with Crippen molar-refractivity contribution in [2.75, 3.05) is 0 Å². The third-order valence-electron chi connectivity index (χ3n) is 2.89. The van der Waals surface area contributed by atoms with Crippen molar-refractivity contribution in [2.24, 2.45) is 0 Å². The summed E-state index contributed by atoms with van der Waals surface area (Å²) in [5.41, 5.74) is 0.565. The fourth-order valence-electron chi connectivity index (χ4n) is 2.04. The lowest BCUT2D eigenvalue weighted by Crippen LogP contribution is -2.34. The molecule has 0 radical (unpaired) electrons. The number of fused-ring (bicyclic) bond motifs is 1. The second-order valence-corrected chi connectivity index (χ2v) is 4.50. The van der Waals surface area contributed by atoms with Crippen molar-refractivity contribution in [1.82, 2.24) is 5.32 Å². The van der Waals surface area contributed by atoms with Crippen LogP contribution in [-0.2, 0) is 4.79 Å². The van der Waals surface area contributed by atoms with E-state index in [1.165, 1.54) is 0 Å². The SMILES string of the molecule is CC(CC(=O)O)NC(=O)c1cccc2ccccc12.